The SMILES string of the molecule is N[C@@H]1[C@H](CCO)CN(Cc2ccccc2)[C@H]1c1ccccc1. The number of nitrogens with zero attached hydrogens (tertiary/aromatic N) is 1. The van der Waals surface area contributed by atoms with Crippen LogP contribution in [0.5, 0.6) is 0 Å². The highest BCUT2D eigenvalue weighted by Crippen LogP contribution is 2.36. The first-order chi connectivity index (χ1) is 10.8. The third-order valence-electron chi connectivity index (χ3n) is 4.64. The monoisotopic (exact) mass is 296 g/mol. The maximum Gasteiger partial charge on any atom is 0.0506 e. The molecule has 2 aromatic rings. The molecule has 3 atom stereocenters. The van der Waals surface area contributed by atoms with Crippen LogP contribution < -0.4 is 5.73 Å². The summed E-state index contributed by atoms with van der Waals surface area (Å²) in [7, 11) is 0. The number of hydrogen-bond acceptors (Lipinski definition) is 3. The third-order valence-corrected chi connectivity index (χ3v) is 4.64. The van der Waals surface area contributed by atoms with E-state index in [1.165, 1.54) is 11.1 Å². The fourth-order valence-electron chi connectivity index (χ4n) is 3.55. The second kappa shape index (κ2) is 7.05. The first-order valence-corrected chi connectivity index (χ1v) is 7.99. The van der Waals surface area contributed by atoms with Crippen molar-refractivity contribution in [2.75, 3.05) is 13.2 Å². The Kier molecular flexibility index (Phi) is 4.88. The molecule has 3 N–H and O–H groups in total. The van der Waals surface area contributed by atoms with Crippen LogP contribution in [0.1, 0.15) is 23.6 Å². The molecule has 116 valence electrons. The summed E-state index contributed by atoms with van der Waals surface area (Å²) < 4.78 is 0. The van der Waals surface area contributed by atoms with Crippen LogP contribution in [-0.2, 0) is 6.54 Å². The highest BCUT2D eigenvalue weighted by atomic mass is 16.3. The summed E-state index contributed by atoms with van der Waals surface area (Å²) in [5, 5.41) is 9.30. The highest BCUT2D eigenvalue weighted by Gasteiger charge is 2.39. The minimum Gasteiger partial charge on any atom is -0.396 e. The summed E-state index contributed by atoms with van der Waals surface area (Å²) in [5.41, 5.74) is 9.11. The minimum atomic E-state index is 0.0678. The van der Waals surface area contributed by atoms with Crippen LogP contribution in [-0.4, -0.2) is 29.2 Å². The van der Waals surface area contributed by atoms with Gasteiger partial charge in [0.05, 0.1) is 6.04 Å². The lowest BCUT2D eigenvalue weighted by molar-refractivity contribution is 0.231. The molecule has 0 amide bonds. The van der Waals surface area contributed by atoms with Crippen molar-refractivity contribution >= 4 is 0 Å². The normalized spacial score (nSPS) is 25.5. The van der Waals surface area contributed by atoms with Crippen LogP contribution in [0.3, 0.4) is 0 Å². The van der Waals surface area contributed by atoms with Crippen molar-refractivity contribution in [3.05, 3.63) is 71.8 Å². The zero-order valence-electron chi connectivity index (χ0n) is 12.8. The summed E-state index contributed by atoms with van der Waals surface area (Å²) >= 11 is 0. The lowest BCUT2D eigenvalue weighted by atomic mass is 9.92. The van der Waals surface area contributed by atoms with Gasteiger partial charge in [0.25, 0.3) is 0 Å². The summed E-state index contributed by atoms with van der Waals surface area (Å²) in [5.74, 6) is 0.346. The largest absolute Gasteiger partial charge is 0.396 e. The molecule has 1 aliphatic heterocycles. The molecule has 3 rings (SSSR count). The average Bonchev–Trinajstić information content (AvgIpc) is 2.85. The van der Waals surface area contributed by atoms with Crippen molar-refractivity contribution in [2.45, 2.75) is 25.0 Å². The first-order valence-electron chi connectivity index (χ1n) is 7.99. The van der Waals surface area contributed by atoms with Gasteiger partial charge >= 0.3 is 0 Å². The van der Waals surface area contributed by atoms with E-state index in [1.807, 2.05) is 12.1 Å². The molecule has 2 aromatic carbocycles. The van der Waals surface area contributed by atoms with E-state index in [0.717, 1.165) is 19.5 Å². The quantitative estimate of drug-likeness (QED) is 0.891. The van der Waals surface area contributed by atoms with Crippen LogP contribution >= 0.6 is 0 Å². The van der Waals surface area contributed by atoms with Crippen molar-refractivity contribution in [3.8, 4) is 0 Å². The molecule has 22 heavy (non-hydrogen) atoms. The van der Waals surface area contributed by atoms with Gasteiger partial charge in [0.15, 0.2) is 0 Å². The van der Waals surface area contributed by atoms with Gasteiger partial charge in [0.1, 0.15) is 0 Å². The zero-order chi connectivity index (χ0) is 15.4. The van der Waals surface area contributed by atoms with Gasteiger partial charge in [-0.1, -0.05) is 60.7 Å². The molecule has 0 unspecified atom stereocenters. The van der Waals surface area contributed by atoms with E-state index in [1.54, 1.807) is 0 Å². The lowest BCUT2D eigenvalue weighted by Crippen LogP contribution is -2.34. The Balaban J connectivity index is 1.85. The molecular formula is C19H24N2O. The number of likely N-dealkylation sites (tertiary alicyclic amines) is 1. The summed E-state index contributed by atoms with van der Waals surface area (Å²) in [4.78, 5) is 2.45. The Morgan fingerprint density at radius 2 is 1.64 bits per heavy atom. The molecule has 3 heteroatoms. The topological polar surface area (TPSA) is 49.5 Å². The van der Waals surface area contributed by atoms with Crippen molar-refractivity contribution in [1.29, 1.82) is 0 Å². The minimum absolute atomic E-state index is 0.0678. The molecule has 0 bridgehead atoms. The Bertz CT molecular complexity index is 573. The number of aliphatic hydroxyl groups is 1. The first kappa shape index (κ1) is 15.2. The predicted molar refractivity (Wildman–Crippen MR) is 89.2 cm³/mol. The molecule has 0 spiro atoms. The molecule has 3 nitrogen and oxygen atoms in total. The Hall–Kier alpha value is -1.68. The second-order valence-corrected chi connectivity index (χ2v) is 6.12. The highest BCUT2D eigenvalue weighted by molar-refractivity contribution is 5.24. The zero-order valence-corrected chi connectivity index (χ0v) is 12.8. The van der Waals surface area contributed by atoms with Gasteiger partial charge in [-0.05, 0) is 23.5 Å². The van der Waals surface area contributed by atoms with Crippen molar-refractivity contribution < 1.29 is 5.11 Å². The van der Waals surface area contributed by atoms with Crippen LogP contribution in [0, 0.1) is 5.92 Å². The van der Waals surface area contributed by atoms with Crippen molar-refractivity contribution in [1.82, 2.24) is 4.90 Å². The van der Waals surface area contributed by atoms with Crippen LogP contribution in [0.4, 0.5) is 0 Å². The van der Waals surface area contributed by atoms with Crippen LogP contribution in [0.15, 0.2) is 60.7 Å². The van der Waals surface area contributed by atoms with E-state index < -0.39 is 0 Å². The maximum atomic E-state index is 9.30. The van der Waals surface area contributed by atoms with Gasteiger partial charge in [-0.25, -0.2) is 0 Å². The second-order valence-electron chi connectivity index (χ2n) is 6.12. The third kappa shape index (κ3) is 3.22. The Labute approximate surface area is 132 Å². The molecule has 0 aromatic heterocycles. The van der Waals surface area contributed by atoms with Gasteiger partial charge in [0.2, 0.25) is 0 Å². The molecule has 1 saturated heterocycles. The molecule has 1 fully saturated rings. The van der Waals surface area contributed by atoms with Gasteiger partial charge in [-0.3, -0.25) is 4.90 Å². The van der Waals surface area contributed by atoms with E-state index in [9.17, 15) is 5.11 Å². The van der Waals surface area contributed by atoms with E-state index in [-0.39, 0.29) is 18.7 Å². The lowest BCUT2D eigenvalue weighted by Gasteiger charge is -2.27. The number of hydrogen-bond donors (Lipinski definition) is 2. The Morgan fingerprint density at radius 1 is 1.00 bits per heavy atom. The van der Waals surface area contributed by atoms with Crippen LogP contribution in [0.25, 0.3) is 0 Å². The number of nitrogens with two attached hydrogens (primary N) is 1. The van der Waals surface area contributed by atoms with Gasteiger partial charge in [-0.2, -0.15) is 0 Å². The molecule has 1 heterocycles. The summed E-state index contributed by atoms with van der Waals surface area (Å²) in [6, 6.07) is 21.3. The summed E-state index contributed by atoms with van der Waals surface area (Å²) in [6.45, 7) is 2.05. The van der Waals surface area contributed by atoms with E-state index >= 15 is 0 Å². The molecule has 1 aliphatic rings. The van der Waals surface area contributed by atoms with Crippen molar-refractivity contribution in [3.63, 3.8) is 0 Å². The standard InChI is InChI=1S/C19H24N2O/c20-18-17(11-12-22)14-21(13-15-7-3-1-4-8-15)19(18)16-9-5-2-6-10-16/h1-10,17-19,22H,11-14,20H2/t17-,18-,19+/m1/s1. The molecule has 0 radical (unpaired) electrons. The van der Waals surface area contributed by atoms with Gasteiger partial charge < -0.3 is 10.8 Å². The van der Waals surface area contributed by atoms with E-state index in [4.69, 9.17) is 5.73 Å². The fraction of sp³-hybridized carbons (Fsp3) is 0.368. The van der Waals surface area contributed by atoms with Crippen LogP contribution in [0.2, 0.25) is 0 Å². The average molecular weight is 296 g/mol. The number of rotatable bonds is 5. The predicted octanol–water partition coefficient (Wildman–Crippen LogP) is 2.57. The number of benzene rings is 2. The van der Waals surface area contributed by atoms with Gasteiger partial charge in [0, 0.05) is 25.7 Å². The molecule has 0 aliphatic carbocycles. The maximum absolute atomic E-state index is 9.30. The van der Waals surface area contributed by atoms with E-state index in [2.05, 4.69) is 53.4 Å². The van der Waals surface area contributed by atoms with Crippen molar-refractivity contribution in [2.24, 2.45) is 11.7 Å². The molecular weight excluding hydrogens is 272 g/mol. The fourth-order valence-corrected chi connectivity index (χ4v) is 3.55. The smallest absolute Gasteiger partial charge is 0.0506 e. The summed E-state index contributed by atoms with van der Waals surface area (Å²) in [6.07, 6.45) is 0.774. The Morgan fingerprint density at radius 3 is 2.27 bits per heavy atom. The molecule has 0 saturated carbocycles. The van der Waals surface area contributed by atoms with E-state index in [0.29, 0.717) is 5.92 Å². The van der Waals surface area contributed by atoms with Gasteiger partial charge in [-0.15, -0.1) is 0 Å². The number of aliphatic hydroxyl groups excluding tert-OH is 1.